The highest BCUT2D eigenvalue weighted by Gasteiger charge is 2.25. The van der Waals surface area contributed by atoms with Crippen LogP contribution in [0.25, 0.3) is 0 Å². The summed E-state index contributed by atoms with van der Waals surface area (Å²) in [5.74, 6) is 0. The van der Waals surface area contributed by atoms with Gasteiger partial charge in [-0.3, -0.25) is 0 Å². The Morgan fingerprint density at radius 3 is 2.95 bits per heavy atom. The summed E-state index contributed by atoms with van der Waals surface area (Å²) in [7, 11) is -3.45. The van der Waals surface area contributed by atoms with E-state index in [1.165, 1.54) is 11.3 Å². The molecule has 2 rings (SSSR count). The molecule has 1 aromatic rings. The Morgan fingerprint density at radius 2 is 2.30 bits per heavy atom. The molecule has 2 heterocycles. The van der Waals surface area contributed by atoms with E-state index in [2.05, 4.69) is 10.0 Å². The van der Waals surface area contributed by atoms with Crippen LogP contribution in [-0.4, -0.2) is 33.7 Å². The maximum atomic E-state index is 12.4. The van der Waals surface area contributed by atoms with Crippen molar-refractivity contribution >= 4 is 21.4 Å². The predicted molar refractivity (Wildman–Crippen MR) is 80.5 cm³/mol. The Kier molecular flexibility index (Phi) is 5.57. The zero-order chi connectivity index (χ0) is 14.6. The minimum Gasteiger partial charge on any atom is -0.380 e. The summed E-state index contributed by atoms with van der Waals surface area (Å²) in [5.41, 5.74) is 0. The van der Waals surface area contributed by atoms with Crippen LogP contribution in [0.1, 0.15) is 31.6 Å². The molecule has 0 aromatic carbocycles. The minimum atomic E-state index is -3.45. The van der Waals surface area contributed by atoms with Gasteiger partial charge in [0.15, 0.2) is 0 Å². The molecule has 20 heavy (non-hydrogen) atoms. The van der Waals surface area contributed by atoms with Gasteiger partial charge in [0.1, 0.15) is 0 Å². The lowest BCUT2D eigenvalue weighted by Gasteiger charge is -2.23. The van der Waals surface area contributed by atoms with Gasteiger partial charge in [0.2, 0.25) is 10.0 Å². The molecule has 1 aliphatic heterocycles. The van der Waals surface area contributed by atoms with Crippen molar-refractivity contribution in [3.05, 3.63) is 16.3 Å². The largest absolute Gasteiger partial charge is 0.380 e. The maximum absolute atomic E-state index is 12.4. The lowest BCUT2D eigenvalue weighted by molar-refractivity contribution is 0.0774. The molecule has 7 heteroatoms. The molecule has 0 amide bonds. The fraction of sp³-hybridized carbons (Fsp3) is 0.692. The van der Waals surface area contributed by atoms with Gasteiger partial charge in [-0.15, -0.1) is 11.3 Å². The van der Waals surface area contributed by atoms with Gasteiger partial charge in [0.05, 0.1) is 11.5 Å². The lowest BCUT2D eigenvalue weighted by atomic mass is 10.1. The highest BCUT2D eigenvalue weighted by atomic mass is 32.2. The van der Waals surface area contributed by atoms with Gasteiger partial charge in [-0.05, 0) is 24.3 Å². The van der Waals surface area contributed by atoms with Crippen molar-refractivity contribution in [2.45, 2.75) is 50.2 Å². The normalized spacial score (nSPS) is 20.4. The van der Waals surface area contributed by atoms with Crippen molar-refractivity contribution in [3.63, 3.8) is 0 Å². The van der Waals surface area contributed by atoms with E-state index in [4.69, 9.17) is 4.74 Å². The molecule has 114 valence electrons. The van der Waals surface area contributed by atoms with Crippen molar-refractivity contribution in [2.24, 2.45) is 0 Å². The highest BCUT2D eigenvalue weighted by Crippen LogP contribution is 2.23. The summed E-state index contributed by atoms with van der Waals surface area (Å²) in [5, 5.41) is 5.08. The molecule has 1 fully saturated rings. The van der Waals surface area contributed by atoms with Gasteiger partial charge in [-0.25, -0.2) is 13.1 Å². The Hall–Kier alpha value is -0.470. The first-order valence-corrected chi connectivity index (χ1v) is 9.25. The average Bonchev–Trinajstić information content (AvgIpc) is 2.86. The fourth-order valence-corrected chi connectivity index (χ4v) is 4.76. The van der Waals surface area contributed by atoms with Crippen molar-refractivity contribution < 1.29 is 13.2 Å². The van der Waals surface area contributed by atoms with Crippen LogP contribution in [0, 0.1) is 0 Å². The third-order valence-electron chi connectivity index (χ3n) is 3.15. The Balaban J connectivity index is 2.06. The zero-order valence-electron chi connectivity index (χ0n) is 11.9. The number of nitrogens with one attached hydrogen (secondary N) is 2. The first-order valence-electron chi connectivity index (χ1n) is 6.89. The SMILES string of the molecule is CC(C)NCc1sccc1S(=O)(=O)NC1CCCOC1. The van der Waals surface area contributed by atoms with Crippen molar-refractivity contribution in [1.82, 2.24) is 10.0 Å². The molecule has 0 spiro atoms. The first kappa shape index (κ1) is 15.9. The van der Waals surface area contributed by atoms with Gasteiger partial charge >= 0.3 is 0 Å². The summed E-state index contributed by atoms with van der Waals surface area (Å²) >= 11 is 1.47. The molecule has 1 aromatic heterocycles. The van der Waals surface area contributed by atoms with Crippen LogP contribution < -0.4 is 10.0 Å². The number of thiophene rings is 1. The fourth-order valence-electron chi connectivity index (χ4n) is 2.11. The smallest absolute Gasteiger partial charge is 0.242 e. The third-order valence-corrected chi connectivity index (χ3v) is 5.80. The van der Waals surface area contributed by atoms with E-state index in [9.17, 15) is 8.42 Å². The molecule has 5 nitrogen and oxygen atoms in total. The van der Waals surface area contributed by atoms with Crippen LogP contribution in [0.4, 0.5) is 0 Å². The number of rotatable bonds is 6. The third kappa shape index (κ3) is 4.26. The molecular formula is C13H22N2O3S2. The molecule has 0 saturated carbocycles. The van der Waals surface area contributed by atoms with Gasteiger partial charge in [-0.1, -0.05) is 13.8 Å². The number of ether oxygens (including phenoxy) is 1. The molecule has 1 unspecified atom stereocenters. The van der Waals surface area contributed by atoms with E-state index in [1.807, 2.05) is 19.2 Å². The molecule has 1 saturated heterocycles. The van der Waals surface area contributed by atoms with Gasteiger partial charge in [-0.2, -0.15) is 0 Å². The number of hydrogen-bond donors (Lipinski definition) is 2. The second-order valence-corrected chi connectivity index (χ2v) is 7.96. The maximum Gasteiger partial charge on any atom is 0.242 e. The quantitative estimate of drug-likeness (QED) is 0.838. The molecule has 0 aliphatic carbocycles. The Bertz CT molecular complexity index is 519. The monoisotopic (exact) mass is 318 g/mol. The second kappa shape index (κ2) is 7.00. The average molecular weight is 318 g/mol. The summed E-state index contributed by atoms with van der Waals surface area (Å²) in [6, 6.07) is 1.89. The summed E-state index contributed by atoms with van der Waals surface area (Å²) < 4.78 is 32.9. The van der Waals surface area contributed by atoms with Gasteiger partial charge in [0.25, 0.3) is 0 Å². The van der Waals surface area contributed by atoms with E-state index < -0.39 is 10.0 Å². The van der Waals surface area contributed by atoms with Crippen molar-refractivity contribution in [3.8, 4) is 0 Å². The van der Waals surface area contributed by atoms with E-state index in [0.29, 0.717) is 24.1 Å². The zero-order valence-corrected chi connectivity index (χ0v) is 13.5. The van der Waals surface area contributed by atoms with E-state index in [1.54, 1.807) is 6.07 Å². The summed E-state index contributed by atoms with van der Waals surface area (Å²) in [6.07, 6.45) is 1.74. The van der Waals surface area contributed by atoms with E-state index in [-0.39, 0.29) is 6.04 Å². The van der Waals surface area contributed by atoms with Gasteiger partial charge in [0, 0.05) is 30.1 Å². The highest BCUT2D eigenvalue weighted by molar-refractivity contribution is 7.89. The van der Waals surface area contributed by atoms with Crippen LogP contribution in [-0.2, 0) is 21.3 Å². The van der Waals surface area contributed by atoms with Crippen LogP contribution in [0.15, 0.2) is 16.3 Å². The van der Waals surface area contributed by atoms with Gasteiger partial charge < -0.3 is 10.1 Å². The molecular weight excluding hydrogens is 296 g/mol. The van der Waals surface area contributed by atoms with Crippen LogP contribution in [0.2, 0.25) is 0 Å². The number of sulfonamides is 1. The van der Waals surface area contributed by atoms with E-state index >= 15 is 0 Å². The summed E-state index contributed by atoms with van der Waals surface area (Å²) in [4.78, 5) is 1.24. The number of hydrogen-bond acceptors (Lipinski definition) is 5. The Labute approximate surface area is 124 Å². The molecule has 2 N–H and O–H groups in total. The molecule has 1 atom stereocenters. The van der Waals surface area contributed by atoms with Crippen LogP contribution in [0.3, 0.4) is 0 Å². The van der Waals surface area contributed by atoms with Crippen LogP contribution in [0.5, 0.6) is 0 Å². The predicted octanol–water partition coefficient (Wildman–Crippen LogP) is 1.70. The van der Waals surface area contributed by atoms with Crippen molar-refractivity contribution in [2.75, 3.05) is 13.2 Å². The topological polar surface area (TPSA) is 67.4 Å². The van der Waals surface area contributed by atoms with Crippen LogP contribution >= 0.6 is 11.3 Å². The Morgan fingerprint density at radius 1 is 1.50 bits per heavy atom. The molecule has 0 bridgehead atoms. The molecule has 0 radical (unpaired) electrons. The standard InChI is InChI=1S/C13H22N2O3S2/c1-10(2)14-8-12-13(5-7-19-12)20(16,17)15-11-4-3-6-18-9-11/h5,7,10-11,14-15H,3-4,6,8-9H2,1-2H3. The summed E-state index contributed by atoms with van der Waals surface area (Å²) in [6.45, 7) is 5.84. The van der Waals surface area contributed by atoms with E-state index in [0.717, 1.165) is 24.3 Å². The van der Waals surface area contributed by atoms with Crippen molar-refractivity contribution in [1.29, 1.82) is 0 Å². The minimum absolute atomic E-state index is 0.112. The second-order valence-electron chi connectivity index (χ2n) is 5.28. The lowest BCUT2D eigenvalue weighted by Crippen LogP contribution is -2.40. The molecule has 1 aliphatic rings. The first-order chi connectivity index (χ1) is 9.49.